The van der Waals surface area contributed by atoms with Gasteiger partial charge in [-0.2, -0.15) is 10.2 Å². The second-order valence-electron chi connectivity index (χ2n) is 3.81. The Kier molecular flexibility index (Phi) is 3.57. The van der Waals surface area contributed by atoms with Crippen molar-refractivity contribution in [2.45, 2.75) is 6.92 Å². The molecule has 96 valence electrons. The average molecular weight is 256 g/mol. The van der Waals surface area contributed by atoms with Crippen molar-refractivity contribution in [2.75, 3.05) is 14.2 Å². The molecule has 2 heterocycles. The lowest BCUT2D eigenvalue weighted by Gasteiger charge is -2.08. The van der Waals surface area contributed by atoms with Crippen molar-refractivity contribution in [3.8, 4) is 29.2 Å². The standard InChI is InChI=1S/C13H12N4O2/c1-8-4-9(6-14)16-11(5-8)10-7-15-13(19-3)17-12(10)18-2/h4-5,7H,1-3H3. The molecular formula is C13H12N4O2. The third-order valence-corrected chi connectivity index (χ3v) is 2.47. The number of aromatic nitrogens is 3. The van der Waals surface area contributed by atoms with Crippen LogP contribution in [0, 0.1) is 18.3 Å². The van der Waals surface area contributed by atoms with Gasteiger partial charge in [0.1, 0.15) is 11.8 Å². The van der Waals surface area contributed by atoms with E-state index in [-0.39, 0.29) is 6.01 Å². The molecule has 0 spiro atoms. The molecule has 0 amide bonds. The zero-order valence-electron chi connectivity index (χ0n) is 10.8. The largest absolute Gasteiger partial charge is 0.480 e. The maximum atomic E-state index is 8.95. The Morgan fingerprint density at radius 2 is 1.95 bits per heavy atom. The third kappa shape index (κ3) is 2.60. The summed E-state index contributed by atoms with van der Waals surface area (Å²) < 4.78 is 10.1. The first-order valence-electron chi connectivity index (χ1n) is 5.52. The predicted molar refractivity (Wildman–Crippen MR) is 67.8 cm³/mol. The molecule has 0 N–H and O–H groups in total. The van der Waals surface area contributed by atoms with Gasteiger partial charge in [0.15, 0.2) is 0 Å². The summed E-state index contributed by atoms with van der Waals surface area (Å²) in [5.74, 6) is 0.355. The lowest BCUT2D eigenvalue weighted by Crippen LogP contribution is -1.99. The Balaban J connectivity index is 2.58. The maximum Gasteiger partial charge on any atom is 0.319 e. The molecule has 6 heteroatoms. The molecule has 0 saturated heterocycles. The summed E-state index contributed by atoms with van der Waals surface area (Å²) in [4.78, 5) is 12.3. The van der Waals surface area contributed by atoms with Gasteiger partial charge >= 0.3 is 6.01 Å². The van der Waals surface area contributed by atoms with Gasteiger partial charge in [0, 0.05) is 6.20 Å². The van der Waals surface area contributed by atoms with E-state index in [4.69, 9.17) is 14.7 Å². The summed E-state index contributed by atoms with van der Waals surface area (Å²) in [6.45, 7) is 1.89. The van der Waals surface area contributed by atoms with Crippen LogP contribution in [0.4, 0.5) is 0 Å². The molecule has 0 radical (unpaired) electrons. The number of aryl methyl sites for hydroxylation is 1. The smallest absolute Gasteiger partial charge is 0.319 e. The Hall–Kier alpha value is -2.68. The molecule has 0 saturated carbocycles. The molecular weight excluding hydrogens is 244 g/mol. The van der Waals surface area contributed by atoms with Crippen LogP contribution in [-0.4, -0.2) is 29.2 Å². The molecule has 0 bridgehead atoms. The fourth-order valence-corrected chi connectivity index (χ4v) is 1.64. The van der Waals surface area contributed by atoms with Crippen LogP contribution in [0.5, 0.6) is 11.9 Å². The molecule has 0 unspecified atom stereocenters. The minimum Gasteiger partial charge on any atom is -0.480 e. The summed E-state index contributed by atoms with van der Waals surface area (Å²) >= 11 is 0. The Morgan fingerprint density at radius 3 is 2.58 bits per heavy atom. The Morgan fingerprint density at radius 1 is 1.16 bits per heavy atom. The van der Waals surface area contributed by atoms with E-state index in [0.29, 0.717) is 22.8 Å². The highest BCUT2D eigenvalue weighted by Crippen LogP contribution is 2.28. The zero-order valence-corrected chi connectivity index (χ0v) is 10.8. The van der Waals surface area contributed by atoms with Gasteiger partial charge in [-0.05, 0) is 24.6 Å². The normalized spacial score (nSPS) is 9.79. The van der Waals surface area contributed by atoms with Gasteiger partial charge in [0.2, 0.25) is 5.88 Å². The van der Waals surface area contributed by atoms with E-state index < -0.39 is 0 Å². The van der Waals surface area contributed by atoms with E-state index >= 15 is 0 Å². The van der Waals surface area contributed by atoms with E-state index in [1.54, 1.807) is 12.3 Å². The first kappa shape index (κ1) is 12.8. The summed E-state index contributed by atoms with van der Waals surface area (Å²) in [6.07, 6.45) is 1.56. The average Bonchev–Trinajstić information content (AvgIpc) is 2.45. The van der Waals surface area contributed by atoms with E-state index in [1.165, 1.54) is 14.2 Å². The molecule has 6 nitrogen and oxygen atoms in total. The summed E-state index contributed by atoms with van der Waals surface area (Å²) in [5, 5.41) is 8.95. The molecule has 19 heavy (non-hydrogen) atoms. The monoisotopic (exact) mass is 256 g/mol. The zero-order chi connectivity index (χ0) is 13.8. The number of nitriles is 1. The van der Waals surface area contributed by atoms with E-state index in [0.717, 1.165) is 5.56 Å². The number of rotatable bonds is 3. The van der Waals surface area contributed by atoms with Crippen molar-refractivity contribution in [1.29, 1.82) is 5.26 Å². The van der Waals surface area contributed by atoms with Crippen LogP contribution in [0.2, 0.25) is 0 Å². The number of ether oxygens (including phenoxy) is 2. The van der Waals surface area contributed by atoms with Crippen molar-refractivity contribution in [3.05, 3.63) is 29.6 Å². The number of methoxy groups -OCH3 is 2. The van der Waals surface area contributed by atoms with Gasteiger partial charge < -0.3 is 9.47 Å². The Labute approximate surface area is 110 Å². The van der Waals surface area contributed by atoms with Crippen LogP contribution in [0.15, 0.2) is 18.3 Å². The second-order valence-corrected chi connectivity index (χ2v) is 3.81. The molecule has 2 aromatic rings. The summed E-state index contributed by atoms with van der Waals surface area (Å²) in [7, 11) is 2.99. The lowest BCUT2D eigenvalue weighted by atomic mass is 10.1. The number of pyridine rings is 1. The number of nitrogens with zero attached hydrogens (tertiary/aromatic N) is 4. The van der Waals surface area contributed by atoms with Gasteiger partial charge in [-0.1, -0.05) is 0 Å². The number of hydrogen-bond acceptors (Lipinski definition) is 6. The fraction of sp³-hybridized carbons (Fsp3) is 0.231. The van der Waals surface area contributed by atoms with Gasteiger partial charge in [-0.25, -0.2) is 9.97 Å². The van der Waals surface area contributed by atoms with Crippen molar-refractivity contribution < 1.29 is 9.47 Å². The van der Waals surface area contributed by atoms with Crippen LogP contribution >= 0.6 is 0 Å². The molecule has 2 rings (SSSR count). The minimum atomic E-state index is 0.216. The van der Waals surface area contributed by atoms with E-state index in [2.05, 4.69) is 15.0 Å². The second kappa shape index (κ2) is 5.31. The first-order chi connectivity index (χ1) is 9.17. The quantitative estimate of drug-likeness (QED) is 0.832. The molecule has 0 aromatic carbocycles. The highest BCUT2D eigenvalue weighted by molar-refractivity contribution is 5.65. The molecule has 0 fully saturated rings. The Bertz CT molecular complexity index is 650. The molecule has 0 aliphatic carbocycles. The SMILES string of the molecule is COc1ncc(-c2cc(C)cc(C#N)n2)c(OC)n1. The van der Waals surface area contributed by atoms with Gasteiger partial charge in [0.05, 0.1) is 25.5 Å². The molecule has 0 aliphatic rings. The predicted octanol–water partition coefficient (Wildman–Crippen LogP) is 1.74. The molecule has 0 atom stereocenters. The van der Waals surface area contributed by atoms with E-state index in [9.17, 15) is 0 Å². The van der Waals surface area contributed by atoms with Gasteiger partial charge in [-0.3, -0.25) is 0 Å². The first-order valence-corrected chi connectivity index (χ1v) is 5.52. The topological polar surface area (TPSA) is 80.9 Å². The van der Waals surface area contributed by atoms with Crippen LogP contribution < -0.4 is 9.47 Å². The van der Waals surface area contributed by atoms with Crippen molar-refractivity contribution in [3.63, 3.8) is 0 Å². The van der Waals surface area contributed by atoms with Crippen molar-refractivity contribution >= 4 is 0 Å². The lowest BCUT2D eigenvalue weighted by molar-refractivity contribution is 0.353. The van der Waals surface area contributed by atoms with Crippen LogP contribution in [0.1, 0.15) is 11.3 Å². The van der Waals surface area contributed by atoms with Crippen LogP contribution in [0.3, 0.4) is 0 Å². The minimum absolute atomic E-state index is 0.216. The van der Waals surface area contributed by atoms with Crippen LogP contribution in [-0.2, 0) is 0 Å². The van der Waals surface area contributed by atoms with Gasteiger partial charge in [0.25, 0.3) is 0 Å². The van der Waals surface area contributed by atoms with Crippen molar-refractivity contribution in [2.24, 2.45) is 0 Å². The van der Waals surface area contributed by atoms with Gasteiger partial charge in [-0.15, -0.1) is 0 Å². The highest BCUT2D eigenvalue weighted by atomic mass is 16.5. The molecule has 0 aliphatic heterocycles. The molecule has 2 aromatic heterocycles. The fourth-order valence-electron chi connectivity index (χ4n) is 1.64. The third-order valence-electron chi connectivity index (χ3n) is 2.47. The van der Waals surface area contributed by atoms with Crippen molar-refractivity contribution in [1.82, 2.24) is 15.0 Å². The van der Waals surface area contributed by atoms with E-state index in [1.807, 2.05) is 19.1 Å². The maximum absolute atomic E-state index is 8.95. The van der Waals surface area contributed by atoms with Crippen LogP contribution in [0.25, 0.3) is 11.3 Å². The summed E-state index contributed by atoms with van der Waals surface area (Å²) in [6, 6.07) is 5.79. The number of hydrogen-bond donors (Lipinski definition) is 0. The summed E-state index contributed by atoms with van der Waals surface area (Å²) in [5.41, 5.74) is 2.48. The highest BCUT2D eigenvalue weighted by Gasteiger charge is 2.12.